The number of anilines is 1. The van der Waals surface area contributed by atoms with E-state index >= 15 is 0 Å². The standard InChI is InChI=1S/C16H23ClN2O/c1-2-15-8-3-4-10-19(15)11-9-16(20)18-14-7-5-6-13(17)12-14/h5-7,12,15H,2-4,8-11H2,1H3,(H,18,20)/t15-/m1/s1. The van der Waals surface area contributed by atoms with E-state index in [0.29, 0.717) is 17.5 Å². The van der Waals surface area contributed by atoms with Crippen molar-refractivity contribution >= 4 is 23.2 Å². The molecule has 1 amide bonds. The molecule has 4 heteroatoms. The molecule has 1 fully saturated rings. The lowest BCUT2D eigenvalue weighted by atomic mass is 10.00. The summed E-state index contributed by atoms with van der Waals surface area (Å²) in [5, 5.41) is 3.55. The summed E-state index contributed by atoms with van der Waals surface area (Å²) in [7, 11) is 0. The average molecular weight is 295 g/mol. The van der Waals surface area contributed by atoms with Crippen molar-refractivity contribution in [3.8, 4) is 0 Å². The Labute approximate surface area is 126 Å². The topological polar surface area (TPSA) is 32.3 Å². The number of hydrogen-bond acceptors (Lipinski definition) is 2. The normalized spacial score (nSPS) is 19.8. The number of halogens is 1. The average Bonchev–Trinajstić information content (AvgIpc) is 2.45. The van der Waals surface area contributed by atoms with Crippen LogP contribution in [0.2, 0.25) is 5.02 Å². The smallest absolute Gasteiger partial charge is 0.225 e. The zero-order valence-electron chi connectivity index (χ0n) is 12.1. The third-order valence-electron chi connectivity index (χ3n) is 3.95. The predicted molar refractivity (Wildman–Crippen MR) is 84.2 cm³/mol. The van der Waals surface area contributed by atoms with Gasteiger partial charge in [-0.25, -0.2) is 0 Å². The molecule has 1 saturated heterocycles. The monoisotopic (exact) mass is 294 g/mol. The number of benzene rings is 1. The summed E-state index contributed by atoms with van der Waals surface area (Å²) < 4.78 is 0. The van der Waals surface area contributed by atoms with Crippen molar-refractivity contribution in [2.24, 2.45) is 0 Å². The highest BCUT2D eigenvalue weighted by Crippen LogP contribution is 2.20. The van der Waals surface area contributed by atoms with Crippen molar-refractivity contribution in [2.75, 3.05) is 18.4 Å². The third kappa shape index (κ3) is 4.50. The number of carbonyl (C=O) groups excluding carboxylic acids is 1. The van der Waals surface area contributed by atoms with Crippen molar-refractivity contribution in [2.45, 2.75) is 45.1 Å². The molecule has 2 rings (SSSR count). The minimum absolute atomic E-state index is 0.0627. The molecule has 0 bridgehead atoms. The molecule has 0 saturated carbocycles. The molecule has 1 heterocycles. The van der Waals surface area contributed by atoms with Gasteiger partial charge in [-0.1, -0.05) is 31.0 Å². The van der Waals surface area contributed by atoms with Gasteiger partial charge in [-0.3, -0.25) is 9.69 Å². The first kappa shape index (κ1) is 15.3. The Balaban J connectivity index is 1.79. The Morgan fingerprint density at radius 2 is 2.30 bits per heavy atom. The number of rotatable bonds is 5. The van der Waals surface area contributed by atoms with Gasteiger partial charge in [0.15, 0.2) is 0 Å². The van der Waals surface area contributed by atoms with Crippen molar-refractivity contribution in [3.63, 3.8) is 0 Å². The first-order valence-electron chi connectivity index (χ1n) is 7.48. The van der Waals surface area contributed by atoms with Gasteiger partial charge in [0.2, 0.25) is 5.91 Å². The number of carbonyl (C=O) groups is 1. The van der Waals surface area contributed by atoms with E-state index in [1.807, 2.05) is 12.1 Å². The van der Waals surface area contributed by atoms with Crippen LogP contribution >= 0.6 is 11.6 Å². The van der Waals surface area contributed by atoms with Crippen molar-refractivity contribution in [1.29, 1.82) is 0 Å². The zero-order chi connectivity index (χ0) is 14.4. The number of piperidine rings is 1. The van der Waals surface area contributed by atoms with E-state index in [9.17, 15) is 4.79 Å². The van der Waals surface area contributed by atoms with E-state index in [-0.39, 0.29) is 5.91 Å². The molecule has 0 unspecified atom stereocenters. The highest BCUT2D eigenvalue weighted by Gasteiger charge is 2.20. The van der Waals surface area contributed by atoms with Crippen LogP contribution in [-0.4, -0.2) is 29.9 Å². The Bertz CT molecular complexity index is 450. The maximum atomic E-state index is 12.0. The number of likely N-dealkylation sites (tertiary alicyclic amines) is 1. The molecular formula is C16H23ClN2O. The van der Waals surface area contributed by atoms with Gasteiger partial charge in [0, 0.05) is 29.7 Å². The van der Waals surface area contributed by atoms with Crippen molar-refractivity contribution in [3.05, 3.63) is 29.3 Å². The molecule has 0 aliphatic carbocycles. The number of hydrogen-bond donors (Lipinski definition) is 1. The number of nitrogens with one attached hydrogen (secondary N) is 1. The lowest BCUT2D eigenvalue weighted by molar-refractivity contribution is -0.116. The molecule has 1 aliphatic rings. The van der Waals surface area contributed by atoms with Gasteiger partial charge in [-0.05, 0) is 44.0 Å². The lowest BCUT2D eigenvalue weighted by Crippen LogP contribution is -2.40. The molecule has 1 aromatic rings. The van der Waals surface area contributed by atoms with Crippen LogP contribution in [-0.2, 0) is 4.79 Å². The molecule has 1 atom stereocenters. The summed E-state index contributed by atoms with van der Waals surface area (Å²) in [6.45, 7) is 4.21. The fourth-order valence-corrected chi connectivity index (χ4v) is 3.04. The van der Waals surface area contributed by atoms with Gasteiger partial charge in [0.25, 0.3) is 0 Å². The highest BCUT2D eigenvalue weighted by atomic mass is 35.5. The maximum Gasteiger partial charge on any atom is 0.225 e. The Hall–Kier alpha value is -1.06. The quantitative estimate of drug-likeness (QED) is 0.892. The van der Waals surface area contributed by atoms with E-state index in [1.54, 1.807) is 12.1 Å². The Morgan fingerprint density at radius 1 is 1.45 bits per heavy atom. The highest BCUT2D eigenvalue weighted by molar-refractivity contribution is 6.30. The molecule has 3 nitrogen and oxygen atoms in total. The van der Waals surface area contributed by atoms with Crippen LogP contribution in [0.4, 0.5) is 5.69 Å². The van der Waals surface area contributed by atoms with Crippen LogP contribution < -0.4 is 5.32 Å². The van der Waals surface area contributed by atoms with Gasteiger partial charge in [0.1, 0.15) is 0 Å². The summed E-state index contributed by atoms with van der Waals surface area (Å²) in [5.41, 5.74) is 0.771. The van der Waals surface area contributed by atoms with Gasteiger partial charge in [-0.15, -0.1) is 0 Å². The van der Waals surface area contributed by atoms with Crippen LogP contribution in [0.5, 0.6) is 0 Å². The summed E-state index contributed by atoms with van der Waals surface area (Å²) in [6, 6.07) is 7.93. The minimum atomic E-state index is 0.0627. The van der Waals surface area contributed by atoms with E-state index in [4.69, 9.17) is 11.6 Å². The molecule has 1 aromatic carbocycles. The van der Waals surface area contributed by atoms with E-state index in [0.717, 1.165) is 18.8 Å². The van der Waals surface area contributed by atoms with Crippen LogP contribution in [0, 0.1) is 0 Å². The number of nitrogens with zero attached hydrogens (tertiary/aromatic N) is 1. The molecule has 0 radical (unpaired) electrons. The molecule has 20 heavy (non-hydrogen) atoms. The summed E-state index contributed by atoms with van der Waals surface area (Å²) in [6.07, 6.45) is 5.57. The van der Waals surface area contributed by atoms with Crippen molar-refractivity contribution < 1.29 is 4.79 Å². The third-order valence-corrected chi connectivity index (χ3v) is 4.19. The molecule has 1 N–H and O–H groups in total. The van der Waals surface area contributed by atoms with Gasteiger partial charge in [0.05, 0.1) is 0 Å². The molecular weight excluding hydrogens is 272 g/mol. The van der Waals surface area contributed by atoms with Gasteiger partial charge in [-0.2, -0.15) is 0 Å². The first-order valence-corrected chi connectivity index (χ1v) is 7.86. The molecule has 0 spiro atoms. The Morgan fingerprint density at radius 3 is 3.05 bits per heavy atom. The summed E-state index contributed by atoms with van der Waals surface area (Å²) >= 11 is 5.91. The van der Waals surface area contributed by atoms with Gasteiger partial charge >= 0.3 is 0 Å². The number of amides is 1. The SMILES string of the molecule is CC[C@@H]1CCCCN1CCC(=O)Nc1cccc(Cl)c1. The fraction of sp³-hybridized carbons (Fsp3) is 0.562. The van der Waals surface area contributed by atoms with E-state index in [2.05, 4.69) is 17.1 Å². The summed E-state index contributed by atoms with van der Waals surface area (Å²) in [5.74, 6) is 0.0627. The maximum absolute atomic E-state index is 12.0. The minimum Gasteiger partial charge on any atom is -0.326 e. The van der Waals surface area contributed by atoms with Crippen LogP contribution in [0.15, 0.2) is 24.3 Å². The largest absolute Gasteiger partial charge is 0.326 e. The summed E-state index contributed by atoms with van der Waals surface area (Å²) in [4.78, 5) is 14.4. The second kappa shape index (κ2) is 7.65. The van der Waals surface area contributed by atoms with E-state index < -0.39 is 0 Å². The molecule has 0 aromatic heterocycles. The van der Waals surface area contributed by atoms with E-state index in [1.165, 1.54) is 25.7 Å². The first-order chi connectivity index (χ1) is 9.69. The zero-order valence-corrected chi connectivity index (χ0v) is 12.8. The van der Waals surface area contributed by atoms with Crippen LogP contribution in [0.3, 0.4) is 0 Å². The van der Waals surface area contributed by atoms with Gasteiger partial charge < -0.3 is 5.32 Å². The van der Waals surface area contributed by atoms with Crippen LogP contribution in [0.1, 0.15) is 39.0 Å². The lowest BCUT2D eigenvalue weighted by Gasteiger charge is -2.35. The second-order valence-electron chi connectivity index (χ2n) is 5.40. The molecule has 1 aliphatic heterocycles. The fourth-order valence-electron chi connectivity index (χ4n) is 2.85. The second-order valence-corrected chi connectivity index (χ2v) is 5.84. The van der Waals surface area contributed by atoms with Crippen LogP contribution in [0.25, 0.3) is 0 Å². The van der Waals surface area contributed by atoms with Crippen molar-refractivity contribution in [1.82, 2.24) is 4.90 Å². The predicted octanol–water partition coefficient (Wildman–Crippen LogP) is 3.93. The molecule has 110 valence electrons. The Kier molecular flexibility index (Phi) is 5.86.